The van der Waals surface area contributed by atoms with E-state index in [0.717, 1.165) is 19.3 Å². The summed E-state index contributed by atoms with van der Waals surface area (Å²) in [7, 11) is -2.85. The van der Waals surface area contributed by atoms with Gasteiger partial charge in [0, 0.05) is 12.0 Å². The Bertz CT molecular complexity index is 209. The number of hydrogen-bond acceptors (Lipinski definition) is 3. The summed E-state index contributed by atoms with van der Waals surface area (Å²) in [5.41, 5.74) is 0. The molecule has 0 amide bonds. The molecule has 3 nitrogen and oxygen atoms in total. The maximum Gasteiger partial charge on any atom is 0.147 e. The van der Waals surface area contributed by atoms with E-state index in [9.17, 15) is 13.5 Å². The number of sulfone groups is 1. The zero-order valence-electron chi connectivity index (χ0n) is 8.49. The summed E-state index contributed by atoms with van der Waals surface area (Å²) in [5, 5.41) is 9.38. The van der Waals surface area contributed by atoms with Crippen LogP contribution in [0.4, 0.5) is 0 Å². The lowest BCUT2D eigenvalue weighted by Gasteiger charge is -2.08. The van der Waals surface area contributed by atoms with Gasteiger partial charge in [-0.15, -0.1) is 0 Å². The first-order chi connectivity index (χ1) is 5.95. The molecule has 0 radical (unpaired) electrons. The first kappa shape index (κ1) is 12.9. The van der Waals surface area contributed by atoms with Crippen molar-refractivity contribution in [2.75, 3.05) is 12.0 Å². The van der Waals surface area contributed by atoms with Gasteiger partial charge in [-0.2, -0.15) is 0 Å². The van der Waals surface area contributed by atoms with Gasteiger partial charge >= 0.3 is 0 Å². The molecule has 13 heavy (non-hydrogen) atoms. The van der Waals surface area contributed by atoms with Crippen molar-refractivity contribution in [3.8, 4) is 0 Å². The maximum atomic E-state index is 10.7. The predicted molar refractivity (Wildman–Crippen MR) is 54.5 cm³/mol. The van der Waals surface area contributed by atoms with Gasteiger partial charge in [-0.05, 0) is 19.3 Å². The predicted octanol–water partition coefficient (Wildman–Crippen LogP) is 1.36. The van der Waals surface area contributed by atoms with Crippen molar-refractivity contribution < 1.29 is 13.5 Å². The molecular weight excluding hydrogens is 188 g/mol. The van der Waals surface area contributed by atoms with Crippen molar-refractivity contribution in [1.82, 2.24) is 0 Å². The van der Waals surface area contributed by atoms with Gasteiger partial charge in [0.05, 0.1) is 6.10 Å². The third-order valence-electron chi connectivity index (χ3n) is 1.94. The van der Waals surface area contributed by atoms with Crippen LogP contribution >= 0.6 is 0 Å². The maximum absolute atomic E-state index is 10.7. The van der Waals surface area contributed by atoms with Gasteiger partial charge in [0.2, 0.25) is 0 Å². The lowest BCUT2D eigenvalue weighted by atomic mass is 10.1. The smallest absolute Gasteiger partial charge is 0.147 e. The van der Waals surface area contributed by atoms with Crippen molar-refractivity contribution >= 4 is 9.84 Å². The van der Waals surface area contributed by atoms with Crippen LogP contribution in [0.3, 0.4) is 0 Å². The molecule has 1 unspecified atom stereocenters. The quantitative estimate of drug-likeness (QED) is 0.687. The fourth-order valence-corrected chi connectivity index (χ4v) is 1.86. The Morgan fingerprint density at radius 2 is 1.77 bits per heavy atom. The molecule has 0 aliphatic heterocycles. The molecule has 0 aromatic heterocycles. The highest BCUT2D eigenvalue weighted by molar-refractivity contribution is 7.90. The minimum absolute atomic E-state index is 0.191. The van der Waals surface area contributed by atoms with Crippen LogP contribution in [0.5, 0.6) is 0 Å². The number of hydrogen-bond donors (Lipinski definition) is 1. The van der Waals surface area contributed by atoms with Crippen LogP contribution in [0, 0.1) is 0 Å². The molecule has 1 N–H and O–H groups in total. The van der Waals surface area contributed by atoms with Crippen molar-refractivity contribution in [2.24, 2.45) is 0 Å². The summed E-state index contributed by atoms with van der Waals surface area (Å²) < 4.78 is 21.5. The highest BCUT2D eigenvalue weighted by Gasteiger charge is 2.06. The summed E-state index contributed by atoms with van der Waals surface area (Å²) >= 11 is 0. The topological polar surface area (TPSA) is 54.4 Å². The van der Waals surface area contributed by atoms with E-state index in [1.807, 2.05) is 0 Å². The fraction of sp³-hybridized carbons (Fsp3) is 1.00. The SMILES string of the molecule is CCCCC(O)CCCS(C)(=O)=O. The van der Waals surface area contributed by atoms with Crippen LogP contribution in [0.15, 0.2) is 0 Å². The van der Waals surface area contributed by atoms with Gasteiger partial charge < -0.3 is 5.11 Å². The first-order valence-electron chi connectivity index (χ1n) is 4.81. The van der Waals surface area contributed by atoms with Crippen LogP contribution in [-0.4, -0.2) is 31.6 Å². The van der Waals surface area contributed by atoms with E-state index in [1.54, 1.807) is 0 Å². The zero-order chi connectivity index (χ0) is 10.3. The molecule has 80 valence electrons. The zero-order valence-corrected chi connectivity index (χ0v) is 9.31. The molecule has 0 saturated heterocycles. The molecule has 0 spiro atoms. The molecule has 0 fully saturated rings. The largest absolute Gasteiger partial charge is 0.393 e. The van der Waals surface area contributed by atoms with Gasteiger partial charge in [0.25, 0.3) is 0 Å². The van der Waals surface area contributed by atoms with E-state index in [1.165, 1.54) is 6.26 Å². The molecule has 1 atom stereocenters. The average Bonchev–Trinajstić information content (AvgIpc) is 1.98. The molecule has 0 aliphatic carbocycles. The van der Waals surface area contributed by atoms with Gasteiger partial charge in [-0.1, -0.05) is 19.8 Å². The van der Waals surface area contributed by atoms with Crippen molar-refractivity contribution in [3.63, 3.8) is 0 Å². The number of aliphatic hydroxyl groups excluding tert-OH is 1. The van der Waals surface area contributed by atoms with Crippen LogP contribution in [0.2, 0.25) is 0 Å². The Morgan fingerprint density at radius 1 is 1.23 bits per heavy atom. The number of rotatable bonds is 7. The Balaban J connectivity index is 3.42. The summed E-state index contributed by atoms with van der Waals surface area (Å²) in [5.74, 6) is 0.191. The fourth-order valence-electron chi connectivity index (χ4n) is 1.17. The molecule has 0 rings (SSSR count). The Labute approximate surface area is 81.1 Å². The minimum atomic E-state index is -2.85. The van der Waals surface area contributed by atoms with Crippen molar-refractivity contribution in [3.05, 3.63) is 0 Å². The van der Waals surface area contributed by atoms with Gasteiger partial charge in [0.15, 0.2) is 0 Å². The van der Waals surface area contributed by atoms with Crippen molar-refractivity contribution in [1.29, 1.82) is 0 Å². The van der Waals surface area contributed by atoms with E-state index < -0.39 is 9.84 Å². The van der Waals surface area contributed by atoms with Crippen molar-refractivity contribution in [2.45, 2.75) is 45.1 Å². The molecule has 0 heterocycles. The third kappa shape index (κ3) is 9.83. The standard InChI is InChI=1S/C9H20O3S/c1-3-4-6-9(10)7-5-8-13(2,11)12/h9-10H,3-8H2,1-2H3. The molecule has 0 aromatic rings. The minimum Gasteiger partial charge on any atom is -0.393 e. The second-order valence-electron chi connectivity index (χ2n) is 3.57. The summed E-state index contributed by atoms with van der Waals surface area (Å²) in [6.07, 6.45) is 4.97. The Morgan fingerprint density at radius 3 is 2.23 bits per heavy atom. The lowest BCUT2D eigenvalue weighted by molar-refractivity contribution is 0.151. The highest BCUT2D eigenvalue weighted by atomic mass is 32.2. The molecule has 4 heteroatoms. The summed E-state index contributed by atoms with van der Waals surface area (Å²) in [6.45, 7) is 2.07. The second-order valence-corrected chi connectivity index (χ2v) is 5.83. The summed E-state index contributed by atoms with van der Waals surface area (Å²) in [6, 6.07) is 0. The Hall–Kier alpha value is -0.0900. The monoisotopic (exact) mass is 208 g/mol. The molecule has 0 saturated carbocycles. The lowest BCUT2D eigenvalue weighted by Crippen LogP contribution is -2.10. The highest BCUT2D eigenvalue weighted by Crippen LogP contribution is 2.07. The van der Waals surface area contributed by atoms with E-state index in [2.05, 4.69) is 6.92 Å². The normalized spacial score (nSPS) is 14.4. The van der Waals surface area contributed by atoms with E-state index >= 15 is 0 Å². The van der Waals surface area contributed by atoms with Crippen LogP contribution in [0.1, 0.15) is 39.0 Å². The van der Waals surface area contributed by atoms with Crippen LogP contribution in [-0.2, 0) is 9.84 Å². The second kappa shape index (κ2) is 6.38. The van der Waals surface area contributed by atoms with Crippen LogP contribution < -0.4 is 0 Å². The van der Waals surface area contributed by atoms with Gasteiger partial charge in [-0.25, -0.2) is 8.42 Å². The van der Waals surface area contributed by atoms with E-state index in [-0.39, 0.29) is 11.9 Å². The van der Waals surface area contributed by atoms with Crippen LogP contribution in [0.25, 0.3) is 0 Å². The van der Waals surface area contributed by atoms with E-state index in [4.69, 9.17) is 0 Å². The summed E-state index contributed by atoms with van der Waals surface area (Å²) in [4.78, 5) is 0. The van der Waals surface area contributed by atoms with Gasteiger partial charge in [0.1, 0.15) is 9.84 Å². The molecule has 0 aliphatic rings. The number of unbranched alkanes of at least 4 members (excludes halogenated alkanes) is 1. The molecular formula is C9H20O3S. The molecule has 0 bridgehead atoms. The third-order valence-corrected chi connectivity index (χ3v) is 2.97. The Kier molecular flexibility index (Phi) is 6.33. The first-order valence-corrected chi connectivity index (χ1v) is 6.87. The van der Waals surface area contributed by atoms with Gasteiger partial charge in [-0.3, -0.25) is 0 Å². The number of aliphatic hydroxyl groups is 1. The average molecular weight is 208 g/mol. The van der Waals surface area contributed by atoms with E-state index in [0.29, 0.717) is 12.8 Å². The molecule has 0 aromatic carbocycles.